The van der Waals surface area contributed by atoms with E-state index in [1.807, 2.05) is 25.2 Å². The van der Waals surface area contributed by atoms with E-state index in [0.29, 0.717) is 13.0 Å². The molecule has 1 amide bonds. The Bertz CT molecular complexity index is 705. The number of nitrogens with zero attached hydrogens (tertiary/aromatic N) is 4. The molecule has 2 atom stereocenters. The number of nitrogens with one attached hydrogen (secondary N) is 1. The molecule has 6 heteroatoms. The molecule has 23 heavy (non-hydrogen) atoms. The van der Waals surface area contributed by atoms with Crippen LogP contribution in [0.15, 0.2) is 30.3 Å². The number of carbonyl (C=O) groups excluding carboxylic acids is 1. The van der Waals surface area contributed by atoms with Gasteiger partial charge >= 0.3 is 0 Å². The summed E-state index contributed by atoms with van der Waals surface area (Å²) in [7, 11) is 1.84. The fourth-order valence-electron chi connectivity index (χ4n) is 3.60. The number of fused-ring (bicyclic) bond motifs is 1. The van der Waals surface area contributed by atoms with Gasteiger partial charge in [0.25, 0.3) is 0 Å². The molecule has 0 bridgehead atoms. The molecule has 2 aliphatic heterocycles. The first-order valence-corrected chi connectivity index (χ1v) is 8.20. The number of likely N-dealkylation sites (N-methyl/N-ethyl adjacent to an activating group) is 1. The zero-order chi connectivity index (χ0) is 15.8. The number of hydrogen-bond acceptors (Lipinski definition) is 4. The van der Waals surface area contributed by atoms with Gasteiger partial charge < -0.3 is 10.2 Å². The van der Waals surface area contributed by atoms with Crippen LogP contribution in [0.4, 0.5) is 0 Å². The molecule has 1 N–H and O–H groups in total. The van der Waals surface area contributed by atoms with Gasteiger partial charge in [-0.3, -0.25) is 9.36 Å². The highest BCUT2D eigenvalue weighted by atomic mass is 16.2. The third kappa shape index (κ3) is 2.53. The third-order valence-electron chi connectivity index (χ3n) is 4.79. The van der Waals surface area contributed by atoms with Gasteiger partial charge in [0.15, 0.2) is 11.6 Å². The number of benzene rings is 1. The normalized spacial score (nSPS) is 24.0. The highest BCUT2D eigenvalue weighted by molar-refractivity contribution is 5.81. The highest BCUT2D eigenvalue weighted by Crippen LogP contribution is 2.30. The van der Waals surface area contributed by atoms with Crippen molar-refractivity contribution in [2.45, 2.75) is 37.9 Å². The van der Waals surface area contributed by atoms with Crippen LogP contribution in [-0.4, -0.2) is 39.2 Å². The second kappa shape index (κ2) is 5.77. The van der Waals surface area contributed by atoms with Crippen LogP contribution in [-0.2, 0) is 17.8 Å². The standard InChI is InChI=1S/C17H21N5O/c1-21-11-15-19-20-16(13-8-5-9-18-13)22(15)14(17(21)23)10-12-6-3-2-4-7-12/h2-4,6-7,13-14,18H,5,8-11H2,1H3/t13?,14-/m0/s1. The largest absolute Gasteiger partial charge is 0.336 e. The van der Waals surface area contributed by atoms with Crippen molar-refractivity contribution in [1.82, 2.24) is 25.0 Å². The number of aromatic nitrogens is 3. The molecule has 1 fully saturated rings. The van der Waals surface area contributed by atoms with E-state index in [-0.39, 0.29) is 18.0 Å². The zero-order valence-electron chi connectivity index (χ0n) is 13.3. The van der Waals surface area contributed by atoms with Crippen LogP contribution in [0, 0.1) is 0 Å². The van der Waals surface area contributed by atoms with Gasteiger partial charge in [-0.05, 0) is 24.9 Å². The summed E-state index contributed by atoms with van der Waals surface area (Å²) in [5.41, 5.74) is 1.16. The smallest absolute Gasteiger partial charge is 0.246 e. The minimum absolute atomic E-state index is 0.139. The predicted molar refractivity (Wildman–Crippen MR) is 85.7 cm³/mol. The lowest BCUT2D eigenvalue weighted by Crippen LogP contribution is -2.42. The van der Waals surface area contributed by atoms with Crippen LogP contribution in [0.1, 0.15) is 42.1 Å². The number of carbonyl (C=O) groups is 1. The third-order valence-corrected chi connectivity index (χ3v) is 4.79. The Morgan fingerprint density at radius 1 is 1.26 bits per heavy atom. The molecule has 120 valence electrons. The van der Waals surface area contributed by atoms with E-state index >= 15 is 0 Å². The van der Waals surface area contributed by atoms with Crippen molar-refractivity contribution in [3.05, 3.63) is 47.5 Å². The zero-order valence-corrected chi connectivity index (χ0v) is 13.3. The van der Waals surface area contributed by atoms with E-state index in [0.717, 1.165) is 36.6 Å². The van der Waals surface area contributed by atoms with E-state index in [9.17, 15) is 4.79 Å². The lowest BCUT2D eigenvalue weighted by molar-refractivity contribution is -0.136. The van der Waals surface area contributed by atoms with Gasteiger partial charge in [0.05, 0.1) is 12.6 Å². The van der Waals surface area contributed by atoms with Crippen LogP contribution in [0.25, 0.3) is 0 Å². The number of amides is 1. The molecule has 3 heterocycles. The van der Waals surface area contributed by atoms with Gasteiger partial charge in [0.1, 0.15) is 6.04 Å². The number of rotatable bonds is 3. The molecule has 1 aromatic heterocycles. The second-order valence-electron chi connectivity index (χ2n) is 6.39. The van der Waals surface area contributed by atoms with Gasteiger partial charge in [-0.25, -0.2) is 0 Å². The van der Waals surface area contributed by atoms with Crippen molar-refractivity contribution in [3.63, 3.8) is 0 Å². The van der Waals surface area contributed by atoms with Crippen LogP contribution < -0.4 is 5.32 Å². The fraction of sp³-hybridized carbons (Fsp3) is 0.471. The van der Waals surface area contributed by atoms with E-state index < -0.39 is 0 Å². The number of hydrogen-bond donors (Lipinski definition) is 1. The SMILES string of the molecule is CN1Cc2nnc(C3CCCN3)n2[C@@H](Cc2ccccc2)C1=O. The lowest BCUT2D eigenvalue weighted by atomic mass is 10.0. The Morgan fingerprint density at radius 3 is 2.83 bits per heavy atom. The summed E-state index contributed by atoms with van der Waals surface area (Å²) in [6, 6.07) is 10.1. The highest BCUT2D eigenvalue weighted by Gasteiger charge is 2.36. The summed E-state index contributed by atoms with van der Waals surface area (Å²) < 4.78 is 2.08. The summed E-state index contributed by atoms with van der Waals surface area (Å²) in [6.45, 7) is 1.54. The lowest BCUT2D eigenvalue weighted by Gasteiger charge is -2.32. The molecule has 1 saturated heterocycles. The Balaban J connectivity index is 1.73. The summed E-state index contributed by atoms with van der Waals surface area (Å²) >= 11 is 0. The van der Waals surface area contributed by atoms with Gasteiger partial charge in [0.2, 0.25) is 5.91 Å². The molecular formula is C17H21N5O. The first-order valence-electron chi connectivity index (χ1n) is 8.20. The summed E-state index contributed by atoms with van der Waals surface area (Å²) in [4.78, 5) is 14.5. The fourth-order valence-corrected chi connectivity index (χ4v) is 3.60. The van der Waals surface area contributed by atoms with E-state index in [1.54, 1.807) is 4.90 Å². The van der Waals surface area contributed by atoms with Gasteiger partial charge in [-0.1, -0.05) is 30.3 Å². The van der Waals surface area contributed by atoms with Gasteiger partial charge in [0, 0.05) is 13.5 Å². The van der Waals surface area contributed by atoms with Crippen molar-refractivity contribution in [3.8, 4) is 0 Å². The van der Waals surface area contributed by atoms with Crippen molar-refractivity contribution in [2.24, 2.45) is 0 Å². The molecule has 0 aliphatic carbocycles. The molecule has 0 radical (unpaired) electrons. The van der Waals surface area contributed by atoms with Gasteiger partial charge in [-0.2, -0.15) is 0 Å². The van der Waals surface area contributed by atoms with E-state index in [4.69, 9.17) is 0 Å². The van der Waals surface area contributed by atoms with Gasteiger partial charge in [-0.15, -0.1) is 10.2 Å². The molecule has 2 aliphatic rings. The maximum atomic E-state index is 12.8. The van der Waals surface area contributed by atoms with Crippen LogP contribution in [0.3, 0.4) is 0 Å². The maximum absolute atomic E-state index is 12.8. The summed E-state index contributed by atoms with van der Waals surface area (Å²) in [5.74, 6) is 1.94. The first kappa shape index (κ1) is 14.4. The van der Waals surface area contributed by atoms with Crippen molar-refractivity contribution >= 4 is 5.91 Å². The monoisotopic (exact) mass is 311 g/mol. The van der Waals surface area contributed by atoms with Crippen LogP contribution in [0.2, 0.25) is 0 Å². The Morgan fingerprint density at radius 2 is 2.09 bits per heavy atom. The minimum atomic E-state index is -0.251. The Labute approximate surface area is 135 Å². The quantitative estimate of drug-likeness (QED) is 0.932. The molecule has 6 nitrogen and oxygen atoms in total. The summed E-state index contributed by atoms with van der Waals surface area (Å²) in [5, 5.41) is 12.2. The Hall–Kier alpha value is -2.21. The first-order chi connectivity index (χ1) is 11.2. The topological polar surface area (TPSA) is 63.1 Å². The predicted octanol–water partition coefficient (Wildman–Crippen LogP) is 1.46. The minimum Gasteiger partial charge on any atom is -0.336 e. The Kier molecular flexibility index (Phi) is 3.61. The second-order valence-corrected chi connectivity index (χ2v) is 6.39. The van der Waals surface area contributed by atoms with Crippen LogP contribution >= 0.6 is 0 Å². The summed E-state index contributed by atoms with van der Waals surface area (Å²) in [6.07, 6.45) is 2.87. The van der Waals surface area contributed by atoms with E-state index in [1.165, 1.54) is 0 Å². The molecule has 1 unspecified atom stereocenters. The van der Waals surface area contributed by atoms with Crippen molar-refractivity contribution in [2.75, 3.05) is 13.6 Å². The molecule has 0 saturated carbocycles. The molecular weight excluding hydrogens is 290 g/mol. The van der Waals surface area contributed by atoms with Crippen LogP contribution in [0.5, 0.6) is 0 Å². The van der Waals surface area contributed by atoms with E-state index in [2.05, 4.69) is 32.2 Å². The molecule has 2 aromatic rings. The van der Waals surface area contributed by atoms with Crippen molar-refractivity contribution in [1.29, 1.82) is 0 Å². The molecule has 1 aromatic carbocycles. The average molecular weight is 311 g/mol. The molecule has 0 spiro atoms. The maximum Gasteiger partial charge on any atom is 0.246 e. The molecule has 4 rings (SSSR count). The average Bonchev–Trinajstić information content (AvgIpc) is 3.21. The van der Waals surface area contributed by atoms with Crippen molar-refractivity contribution < 1.29 is 4.79 Å².